The molecule has 0 aliphatic heterocycles. The predicted octanol–water partition coefficient (Wildman–Crippen LogP) is 8.13. The molecule has 0 atom stereocenters. The molecule has 0 saturated heterocycles. The largest absolute Gasteiger partial charge is 0.488 e. The molecule has 38 heavy (non-hydrogen) atoms. The Morgan fingerprint density at radius 2 is 1.13 bits per heavy atom. The van der Waals surface area contributed by atoms with Crippen LogP contribution in [0.15, 0.2) is 128 Å². The highest BCUT2D eigenvalue weighted by Crippen LogP contribution is 2.34. The number of aromatic nitrogens is 1. The fourth-order valence-electron chi connectivity index (χ4n) is 4.03. The Balaban J connectivity index is 1.40. The lowest BCUT2D eigenvalue weighted by Gasteiger charge is -2.15. The Morgan fingerprint density at radius 3 is 1.71 bits per heavy atom. The maximum atomic E-state index is 6.23. The Kier molecular flexibility index (Phi) is 8.12. The van der Waals surface area contributed by atoms with Crippen LogP contribution < -0.4 is 14.2 Å². The monoisotopic (exact) mass is 499 g/mol. The summed E-state index contributed by atoms with van der Waals surface area (Å²) < 4.78 is 18.3. The van der Waals surface area contributed by atoms with E-state index in [0.717, 1.165) is 39.1 Å². The normalized spacial score (nSPS) is 10.5. The highest BCUT2D eigenvalue weighted by Gasteiger charge is 2.13. The minimum atomic E-state index is 0.398. The van der Waals surface area contributed by atoms with Crippen LogP contribution in [-0.4, -0.2) is 4.98 Å². The van der Waals surface area contributed by atoms with Gasteiger partial charge in [0.15, 0.2) is 0 Å². The maximum absolute atomic E-state index is 6.23. The summed E-state index contributed by atoms with van der Waals surface area (Å²) >= 11 is 0. The van der Waals surface area contributed by atoms with E-state index in [4.69, 9.17) is 19.2 Å². The summed E-state index contributed by atoms with van der Waals surface area (Å²) in [6.07, 6.45) is 1.80. The first-order chi connectivity index (χ1) is 18.8. The Labute approximate surface area is 223 Å². The van der Waals surface area contributed by atoms with Crippen LogP contribution >= 0.6 is 0 Å². The van der Waals surface area contributed by atoms with E-state index in [9.17, 15) is 0 Å². The molecule has 0 aliphatic carbocycles. The molecule has 0 amide bonds. The number of hydrogen-bond donors (Lipinski definition) is 0. The van der Waals surface area contributed by atoms with Gasteiger partial charge in [-0.1, -0.05) is 110 Å². The van der Waals surface area contributed by atoms with Gasteiger partial charge in [-0.3, -0.25) is 0 Å². The zero-order valence-corrected chi connectivity index (χ0v) is 21.1. The minimum Gasteiger partial charge on any atom is -0.488 e. The first kappa shape index (κ1) is 24.8. The van der Waals surface area contributed by atoms with Gasteiger partial charge in [-0.25, -0.2) is 0 Å². The van der Waals surface area contributed by atoms with Gasteiger partial charge in [0, 0.05) is 17.2 Å². The summed E-state index contributed by atoms with van der Waals surface area (Å²) in [5.74, 6) is 1.79. The molecule has 0 radical (unpaired) electrons. The number of hydrogen-bond acceptors (Lipinski definition) is 4. The molecule has 0 fully saturated rings. The van der Waals surface area contributed by atoms with Gasteiger partial charge >= 0.3 is 0 Å². The fourth-order valence-corrected chi connectivity index (χ4v) is 4.03. The summed E-state index contributed by atoms with van der Waals surface area (Å²) in [6.45, 7) is 5.32. The average molecular weight is 500 g/mol. The maximum Gasteiger partial charge on any atom is 0.225 e. The third-order valence-corrected chi connectivity index (χ3v) is 6.06. The topological polar surface area (TPSA) is 40.6 Å². The van der Waals surface area contributed by atoms with Gasteiger partial charge in [0.2, 0.25) is 11.8 Å². The molecule has 0 unspecified atom stereocenters. The summed E-state index contributed by atoms with van der Waals surface area (Å²) in [5.41, 5.74) is 5.97. The van der Waals surface area contributed by atoms with Gasteiger partial charge in [-0.15, -0.1) is 0 Å². The van der Waals surface area contributed by atoms with Crippen LogP contribution in [0.5, 0.6) is 17.5 Å². The van der Waals surface area contributed by atoms with Crippen molar-refractivity contribution in [1.29, 1.82) is 0 Å². The van der Waals surface area contributed by atoms with Crippen LogP contribution in [0.25, 0.3) is 17.2 Å². The van der Waals surface area contributed by atoms with E-state index >= 15 is 0 Å². The van der Waals surface area contributed by atoms with Crippen molar-refractivity contribution in [3.8, 4) is 28.6 Å². The molecule has 0 N–H and O–H groups in total. The van der Waals surface area contributed by atoms with E-state index in [1.807, 2.05) is 121 Å². The van der Waals surface area contributed by atoms with Gasteiger partial charge in [0.1, 0.15) is 25.6 Å². The number of benzene rings is 4. The van der Waals surface area contributed by atoms with Crippen molar-refractivity contribution in [2.24, 2.45) is 0 Å². The van der Waals surface area contributed by atoms with Gasteiger partial charge in [-0.2, -0.15) is 4.98 Å². The van der Waals surface area contributed by atoms with Crippen LogP contribution in [0.4, 0.5) is 0 Å². The molecule has 0 spiro atoms. The number of nitrogens with zero attached hydrogens (tertiary/aromatic N) is 1. The van der Waals surface area contributed by atoms with E-state index in [1.165, 1.54) is 0 Å². The van der Waals surface area contributed by atoms with Crippen molar-refractivity contribution >= 4 is 6.08 Å². The summed E-state index contributed by atoms with van der Waals surface area (Å²) in [7, 11) is 0. The van der Waals surface area contributed by atoms with E-state index in [2.05, 4.69) is 6.58 Å². The molecule has 4 aromatic carbocycles. The summed E-state index contributed by atoms with van der Waals surface area (Å²) in [5, 5.41) is 0. The molecule has 4 heteroatoms. The van der Waals surface area contributed by atoms with Crippen molar-refractivity contribution < 1.29 is 14.2 Å². The molecular formula is C34H29NO3. The molecule has 1 aromatic heterocycles. The van der Waals surface area contributed by atoms with E-state index in [0.29, 0.717) is 31.6 Å². The van der Waals surface area contributed by atoms with Gasteiger partial charge in [0.25, 0.3) is 0 Å². The minimum absolute atomic E-state index is 0.398. The SMILES string of the molecule is C=Cc1cc(-c2ccc(OCc3ccccc3)nc2OCc2ccccc2)ccc1OCc1ccccc1. The number of pyridine rings is 1. The van der Waals surface area contributed by atoms with Crippen LogP contribution in [0.1, 0.15) is 22.3 Å². The van der Waals surface area contributed by atoms with Crippen molar-refractivity contribution in [2.75, 3.05) is 0 Å². The lowest BCUT2D eigenvalue weighted by molar-refractivity contribution is 0.268. The Morgan fingerprint density at radius 1 is 0.579 bits per heavy atom. The molecule has 5 rings (SSSR count). The number of ether oxygens (including phenoxy) is 3. The molecule has 5 aromatic rings. The highest BCUT2D eigenvalue weighted by atomic mass is 16.5. The predicted molar refractivity (Wildman–Crippen MR) is 152 cm³/mol. The zero-order valence-electron chi connectivity index (χ0n) is 21.1. The third kappa shape index (κ3) is 6.48. The Bertz CT molecular complexity index is 1470. The molecule has 1 heterocycles. The second-order valence-corrected chi connectivity index (χ2v) is 8.78. The van der Waals surface area contributed by atoms with Crippen molar-refractivity contribution in [3.63, 3.8) is 0 Å². The smallest absolute Gasteiger partial charge is 0.225 e. The van der Waals surface area contributed by atoms with Crippen LogP contribution in [0.3, 0.4) is 0 Å². The fraction of sp³-hybridized carbons (Fsp3) is 0.0882. The Hall–Kier alpha value is -4.83. The third-order valence-electron chi connectivity index (χ3n) is 6.06. The molecule has 188 valence electrons. The van der Waals surface area contributed by atoms with E-state index in [1.54, 1.807) is 6.08 Å². The quantitative estimate of drug-likeness (QED) is 0.184. The molecule has 0 aliphatic rings. The highest BCUT2D eigenvalue weighted by molar-refractivity contribution is 5.73. The average Bonchev–Trinajstić information content (AvgIpc) is 2.99. The second-order valence-electron chi connectivity index (χ2n) is 8.78. The summed E-state index contributed by atoms with van der Waals surface area (Å²) in [4.78, 5) is 4.73. The van der Waals surface area contributed by atoms with Crippen molar-refractivity contribution in [2.45, 2.75) is 19.8 Å². The first-order valence-corrected chi connectivity index (χ1v) is 12.6. The van der Waals surface area contributed by atoms with Crippen LogP contribution in [0.2, 0.25) is 0 Å². The van der Waals surface area contributed by atoms with Crippen molar-refractivity contribution in [3.05, 3.63) is 150 Å². The summed E-state index contributed by atoms with van der Waals surface area (Å²) in [6, 6.07) is 40.1. The molecule has 0 saturated carbocycles. The second kappa shape index (κ2) is 12.4. The standard InChI is InChI=1S/C34H29NO3/c1-2-29-22-30(18-20-32(29)36-23-26-12-6-3-7-13-26)31-19-21-33(37-24-27-14-8-4-9-15-27)35-34(31)38-25-28-16-10-5-11-17-28/h2-22H,1,23-25H2. The van der Waals surface area contributed by atoms with Gasteiger partial charge in [0.05, 0.1) is 0 Å². The van der Waals surface area contributed by atoms with Crippen LogP contribution in [-0.2, 0) is 19.8 Å². The number of rotatable bonds is 11. The lowest BCUT2D eigenvalue weighted by atomic mass is 10.0. The van der Waals surface area contributed by atoms with E-state index < -0.39 is 0 Å². The van der Waals surface area contributed by atoms with E-state index in [-0.39, 0.29) is 0 Å². The van der Waals surface area contributed by atoms with Crippen LogP contribution in [0, 0.1) is 0 Å². The lowest BCUT2D eigenvalue weighted by Crippen LogP contribution is -2.02. The van der Waals surface area contributed by atoms with Crippen molar-refractivity contribution in [1.82, 2.24) is 4.98 Å². The zero-order chi connectivity index (χ0) is 26.0. The molecule has 4 nitrogen and oxygen atoms in total. The molecule has 0 bridgehead atoms. The van der Waals surface area contributed by atoms with Gasteiger partial charge < -0.3 is 14.2 Å². The van der Waals surface area contributed by atoms with Gasteiger partial charge in [-0.05, 0) is 40.5 Å². The first-order valence-electron chi connectivity index (χ1n) is 12.6. The molecular weight excluding hydrogens is 470 g/mol.